The molecule has 0 heterocycles. The highest BCUT2D eigenvalue weighted by atomic mass is 19.1. The van der Waals surface area contributed by atoms with Gasteiger partial charge in [0.2, 0.25) is 0 Å². The summed E-state index contributed by atoms with van der Waals surface area (Å²) in [5.41, 5.74) is 5.14. The Labute approximate surface area is 113 Å². The Bertz CT molecular complexity index is 657. The summed E-state index contributed by atoms with van der Waals surface area (Å²) in [6.45, 7) is 7.70. The quantitative estimate of drug-likeness (QED) is 0.732. The molecule has 19 heavy (non-hydrogen) atoms. The van der Waals surface area contributed by atoms with Crippen molar-refractivity contribution in [3.05, 3.63) is 69.5 Å². The van der Waals surface area contributed by atoms with Crippen molar-refractivity contribution < 1.29 is 9.18 Å². The van der Waals surface area contributed by atoms with E-state index in [1.54, 1.807) is 13.0 Å². The van der Waals surface area contributed by atoms with Gasteiger partial charge in [-0.2, -0.15) is 0 Å². The summed E-state index contributed by atoms with van der Waals surface area (Å²) in [5.74, 6) is -0.357. The third-order valence-electron chi connectivity index (χ3n) is 3.52. The molecule has 2 rings (SSSR count). The number of carbonyl (C=O) groups excluding carboxylic acids is 1. The summed E-state index contributed by atoms with van der Waals surface area (Å²) in [7, 11) is 0. The molecule has 2 aromatic carbocycles. The van der Waals surface area contributed by atoms with E-state index in [9.17, 15) is 9.18 Å². The molecule has 2 heteroatoms. The van der Waals surface area contributed by atoms with Crippen LogP contribution in [0.5, 0.6) is 0 Å². The first-order valence-corrected chi connectivity index (χ1v) is 6.29. The molecule has 0 saturated carbocycles. The van der Waals surface area contributed by atoms with E-state index < -0.39 is 0 Å². The number of rotatable bonds is 2. The molecule has 0 atom stereocenters. The lowest BCUT2D eigenvalue weighted by atomic mass is 9.93. The molecule has 0 saturated heterocycles. The molecule has 0 aliphatic carbocycles. The van der Waals surface area contributed by atoms with Crippen LogP contribution in [0.1, 0.15) is 38.2 Å². The highest BCUT2D eigenvalue weighted by Crippen LogP contribution is 2.21. The van der Waals surface area contributed by atoms with Crippen LogP contribution in [0.15, 0.2) is 30.3 Å². The van der Waals surface area contributed by atoms with E-state index in [4.69, 9.17) is 0 Å². The number of hydrogen-bond donors (Lipinski definition) is 0. The number of carbonyl (C=O) groups is 1. The van der Waals surface area contributed by atoms with Crippen molar-refractivity contribution in [2.24, 2.45) is 0 Å². The third kappa shape index (κ3) is 2.58. The van der Waals surface area contributed by atoms with Gasteiger partial charge in [-0.15, -0.1) is 0 Å². The van der Waals surface area contributed by atoms with Gasteiger partial charge in [-0.1, -0.05) is 6.07 Å². The van der Waals surface area contributed by atoms with E-state index in [1.165, 1.54) is 17.7 Å². The van der Waals surface area contributed by atoms with Crippen molar-refractivity contribution in [2.45, 2.75) is 27.7 Å². The topological polar surface area (TPSA) is 17.1 Å². The monoisotopic (exact) mass is 256 g/mol. The van der Waals surface area contributed by atoms with Gasteiger partial charge in [0.1, 0.15) is 5.82 Å². The van der Waals surface area contributed by atoms with Crippen LogP contribution < -0.4 is 0 Å². The Morgan fingerprint density at radius 2 is 1.37 bits per heavy atom. The smallest absolute Gasteiger partial charge is 0.193 e. The zero-order valence-corrected chi connectivity index (χ0v) is 11.7. The maximum absolute atomic E-state index is 13.1. The first-order valence-electron chi connectivity index (χ1n) is 6.29. The molecule has 0 aromatic heterocycles. The fourth-order valence-corrected chi connectivity index (χ4v) is 2.23. The van der Waals surface area contributed by atoms with Crippen molar-refractivity contribution in [3.63, 3.8) is 0 Å². The molecule has 2 aromatic rings. The molecule has 0 amide bonds. The van der Waals surface area contributed by atoms with Gasteiger partial charge in [-0.05, 0) is 74.2 Å². The lowest BCUT2D eigenvalue weighted by molar-refractivity contribution is 0.103. The summed E-state index contributed by atoms with van der Waals surface area (Å²) < 4.78 is 13.1. The van der Waals surface area contributed by atoms with Gasteiger partial charge in [0.25, 0.3) is 0 Å². The second-order valence-corrected chi connectivity index (χ2v) is 5.04. The lowest BCUT2D eigenvalue weighted by Gasteiger charge is -2.10. The van der Waals surface area contributed by atoms with E-state index in [0.717, 1.165) is 11.1 Å². The van der Waals surface area contributed by atoms with Crippen molar-refractivity contribution in [2.75, 3.05) is 0 Å². The Kier molecular flexibility index (Phi) is 3.52. The van der Waals surface area contributed by atoms with Crippen molar-refractivity contribution in [3.8, 4) is 0 Å². The minimum absolute atomic E-state index is 0.0434. The molecule has 0 bridgehead atoms. The van der Waals surface area contributed by atoms with Gasteiger partial charge in [-0.3, -0.25) is 4.79 Å². The van der Waals surface area contributed by atoms with Gasteiger partial charge >= 0.3 is 0 Å². The summed E-state index contributed by atoms with van der Waals surface area (Å²) in [4.78, 5) is 12.5. The van der Waals surface area contributed by atoms with Gasteiger partial charge in [-0.25, -0.2) is 4.39 Å². The molecular weight excluding hydrogens is 239 g/mol. The molecule has 0 aliphatic rings. The largest absolute Gasteiger partial charge is 0.289 e. The van der Waals surface area contributed by atoms with Crippen LogP contribution in [0.4, 0.5) is 4.39 Å². The minimum atomic E-state index is -0.314. The van der Waals surface area contributed by atoms with Gasteiger partial charge in [0.05, 0.1) is 0 Å². The summed E-state index contributed by atoms with van der Waals surface area (Å²) in [5, 5.41) is 0. The van der Waals surface area contributed by atoms with Crippen LogP contribution in [0.25, 0.3) is 0 Å². The summed E-state index contributed by atoms with van der Waals surface area (Å²) in [6, 6.07) is 8.21. The average Bonchev–Trinajstić information content (AvgIpc) is 2.33. The van der Waals surface area contributed by atoms with Gasteiger partial charge < -0.3 is 0 Å². The highest BCUT2D eigenvalue weighted by Gasteiger charge is 2.15. The standard InChI is InChI=1S/C17H17FO/c1-10-7-12(3)16(9-11(10)2)17(19)15-6-5-14(18)8-13(15)4/h5-9H,1-4H3. The maximum atomic E-state index is 13.1. The predicted molar refractivity (Wildman–Crippen MR) is 75.2 cm³/mol. The second-order valence-electron chi connectivity index (χ2n) is 5.04. The van der Waals surface area contributed by atoms with Gasteiger partial charge in [0, 0.05) is 11.1 Å². The van der Waals surface area contributed by atoms with E-state index in [1.807, 2.05) is 32.9 Å². The molecular formula is C17H17FO. The van der Waals surface area contributed by atoms with E-state index >= 15 is 0 Å². The minimum Gasteiger partial charge on any atom is -0.289 e. The second kappa shape index (κ2) is 4.96. The Morgan fingerprint density at radius 1 is 0.789 bits per heavy atom. The number of benzene rings is 2. The third-order valence-corrected chi connectivity index (χ3v) is 3.52. The SMILES string of the molecule is Cc1cc(C)c(C(=O)c2ccc(F)cc2C)cc1C. The zero-order valence-electron chi connectivity index (χ0n) is 11.7. The van der Waals surface area contributed by atoms with E-state index in [2.05, 4.69) is 0 Å². The Hall–Kier alpha value is -1.96. The fourth-order valence-electron chi connectivity index (χ4n) is 2.23. The molecule has 1 nitrogen and oxygen atoms in total. The van der Waals surface area contributed by atoms with Crippen LogP contribution >= 0.6 is 0 Å². The maximum Gasteiger partial charge on any atom is 0.193 e. The molecule has 0 N–H and O–H groups in total. The predicted octanol–water partition coefficient (Wildman–Crippen LogP) is 4.29. The fraction of sp³-hybridized carbons (Fsp3) is 0.235. The molecule has 0 radical (unpaired) electrons. The average molecular weight is 256 g/mol. The van der Waals surface area contributed by atoms with Crippen molar-refractivity contribution in [1.82, 2.24) is 0 Å². The van der Waals surface area contributed by atoms with Crippen LogP contribution in [0.3, 0.4) is 0 Å². The zero-order chi connectivity index (χ0) is 14.2. The first-order chi connectivity index (χ1) is 8.90. The van der Waals surface area contributed by atoms with Crippen molar-refractivity contribution >= 4 is 5.78 Å². The van der Waals surface area contributed by atoms with Crippen LogP contribution in [0, 0.1) is 33.5 Å². The highest BCUT2D eigenvalue weighted by molar-refractivity contribution is 6.10. The lowest BCUT2D eigenvalue weighted by Crippen LogP contribution is -2.07. The number of hydrogen-bond acceptors (Lipinski definition) is 1. The number of ketones is 1. The number of aryl methyl sites for hydroxylation is 4. The van der Waals surface area contributed by atoms with E-state index in [-0.39, 0.29) is 11.6 Å². The van der Waals surface area contributed by atoms with Crippen molar-refractivity contribution in [1.29, 1.82) is 0 Å². The Morgan fingerprint density at radius 3 is 2.00 bits per heavy atom. The molecule has 0 spiro atoms. The van der Waals surface area contributed by atoms with Crippen LogP contribution in [0.2, 0.25) is 0 Å². The summed E-state index contributed by atoms with van der Waals surface area (Å²) >= 11 is 0. The normalized spacial score (nSPS) is 10.6. The molecule has 98 valence electrons. The Balaban J connectivity index is 2.53. The first kappa shape index (κ1) is 13.5. The number of halogens is 1. The molecule has 0 unspecified atom stereocenters. The van der Waals surface area contributed by atoms with Gasteiger partial charge in [0.15, 0.2) is 5.78 Å². The van der Waals surface area contributed by atoms with Crippen LogP contribution in [-0.2, 0) is 0 Å². The molecule has 0 fully saturated rings. The molecule has 0 aliphatic heterocycles. The summed E-state index contributed by atoms with van der Waals surface area (Å²) in [6.07, 6.45) is 0. The van der Waals surface area contributed by atoms with Crippen LogP contribution in [-0.4, -0.2) is 5.78 Å². The van der Waals surface area contributed by atoms with E-state index in [0.29, 0.717) is 16.7 Å².